The van der Waals surface area contributed by atoms with E-state index in [1.807, 2.05) is 13.8 Å². The third-order valence-electron chi connectivity index (χ3n) is 3.91. The van der Waals surface area contributed by atoms with Crippen molar-refractivity contribution >= 4 is 96.3 Å². The molecule has 0 aromatic heterocycles. The number of ether oxygens (including phenoxy) is 2. The molecule has 0 radical (unpaired) electrons. The highest BCUT2D eigenvalue weighted by Crippen LogP contribution is 2.56. The van der Waals surface area contributed by atoms with Crippen LogP contribution in [-0.2, 0) is 0 Å². The largest absolute Gasteiger partial charge is 0.414 e. The second-order valence-electron chi connectivity index (χ2n) is 7.06. The molecule has 0 aliphatic carbocycles. The van der Waals surface area contributed by atoms with Gasteiger partial charge in [0, 0.05) is 38.0 Å². The van der Waals surface area contributed by atoms with Crippen molar-refractivity contribution in [1.29, 1.82) is 0 Å². The first kappa shape index (κ1) is 29.9. The highest BCUT2D eigenvalue weighted by atomic mass is 35.5. The van der Waals surface area contributed by atoms with E-state index in [0.717, 1.165) is 20.9 Å². The Hall–Kier alpha value is -0.340. The SMILES string of the molecule is Cc1cc(Cl)c(OC(=O)N(C)C)cc1SSSSSSc1cc(OC(=O)N(C)C)c(Cl)cc1C. The van der Waals surface area contributed by atoms with E-state index in [0.29, 0.717) is 21.5 Å². The number of aryl methyl sites for hydroxylation is 2. The second-order valence-corrected chi connectivity index (χ2v) is 17.2. The number of nitrogens with zero attached hydrogens (tertiary/aromatic N) is 2. The molecule has 2 rings (SSSR count). The van der Waals surface area contributed by atoms with Gasteiger partial charge in [0.25, 0.3) is 0 Å². The van der Waals surface area contributed by atoms with Gasteiger partial charge < -0.3 is 19.3 Å². The summed E-state index contributed by atoms with van der Waals surface area (Å²) in [5, 5.41) is 0.787. The molecule has 0 saturated heterocycles. The molecule has 2 aromatic carbocycles. The Morgan fingerprint density at radius 2 is 1.03 bits per heavy atom. The molecule has 2 aromatic rings. The Morgan fingerprint density at radius 1 is 0.676 bits per heavy atom. The molecule has 0 saturated carbocycles. The molecule has 14 heteroatoms. The fraction of sp³-hybridized carbons (Fsp3) is 0.300. The number of amides is 2. The Morgan fingerprint density at radius 3 is 1.35 bits per heavy atom. The molecule has 0 unspecified atom stereocenters. The van der Waals surface area contributed by atoms with Gasteiger partial charge >= 0.3 is 12.2 Å². The Balaban J connectivity index is 1.87. The maximum atomic E-state index is 11.8. The van der Waals surface area contributed by atoms with Crippen LogP contribution in [0.15, 0.2) is 34.1 Å². The third kappa shape index (κ3) is 9.27. The van der Waals surface area contributed by atoms with Gasteiger partial charge in [0.15, 0.2) is 11.5 Å². The molecule has 0 fully saturated rings. The molecule has 0 spiro atoms. The van der Waals surface area contributed by atoms with Crippen LogP contribution in [0, 0.1) is 13.8 Å². The fourth-order valence-electron chi connectivity index (χ4n) is 2.10. The van der Waals surface area contributed by atoms with Crippen LogP contribution in [0.2, 0.25) is 10.0 Å². The van der Waals surface area contributed by atoms with E-state index >= 15 is 0 Å². The zero-order valence-electron chi connectivity index (χ0n) is 19.0. The van der Waals surface area contributed by atoms with Crippen molar-refractivity contribution in [2.45, 2.75) is 23.6 Å². The van der Waals surface area contributed by atoms with E-state index in [2.05, 4.69) is 0 Å². The van der Waals surface area contributed by atoms with Gasteiger partial charge in [0.2, 0.25) is 0 Å². The average molecular weight is 618 g/mol. The molecule has 186 valence electrons. The van der Waals surface area contributed by atoms with Crippen LogP contribution in [0.3, 0.4) is 0 Å². The van der Waals surface area contributed by atoms with Gasteiger partial charge in [-0.05, 0) is 110 Å². The zero-order valence-corrected chi connectivity index (χ0v) is 25.5. The summed E-state index contributed by atoms with van der Waals surface area (Å²) in [5.74, 6) is 0.668. The Bertz CT molecular complexity index is 961. The van der Waals surface area contributed by atoms with Crippen LogP contribution < -0.4 is 9.47 Å². The van der Waals surface area contributed by atoms with Crippen LogP contribution in [-0.4, -0.2) is 50.2 Å². The number of benzene rings is 2. The standard InChI is InChI=1S/C20H22Cl2N2O4S6/c1-11-7-13(21)15(27-19(25)23(3)4)9-17(11)29-31-33-34-32-30-18-10-16(14(22)8-12(18)2)28-20(26)24(5)6/h7-10H,1-6H3. The van der Waals surface area contributed by atoms with Crippen molar-refractivity contribution in [3.8, 4) is 11.5 Å². The summed E-state index contributed by atoms with van der Waals surface area (Å²) in [6, 6.07) is 7.12. The summed E-state index contributed by atoms with van der Waals surface area (Å²) in [5.41, 5.74) is 1.99. The molecule has 2 amide bonds. The van der Waals surface area contributed by atoms with Gasteiger partial charge in [0.05, 0.1) is 10.0 Å². The molecule has 0 heterocycles. The van der Waals surface area contributed by atoms with Crippen molar-refractivity contribution in [3.05, 3.63) is 45.4 Å². The number of halogens is 2. The second kappa shape index (κ2) is 14.4. The normalized spacial score (nSPS) is 10.7. The summed E-state index contributed by atoms with van der Waals surface area (Å²) in [4.78, 5) is 28.3. The van der Waals surface area contributed by atoms with Crippen molar-refractivity contribution in [1.82, 2.24) is 9.80 Å². The van der Waals surface area contributed by atoms with E-state index in [1.54, 1.807) is 113 Å². The van der Waals surface area contributed by atoms with Crippen molar-refractivity contribution in [3.63, 3.8) is 0 Å². The topological polar surface area (TPSA) is 59.1 Å². The van der Waals surface area contributed by atoms with Crippen LogP contribution >= 0.6 is 84.1 Å². The smallest absolute Gasteiger partial charge is 0.409 e. The van der Waals surface area contributed by atoms with Crippen molar-refractivity contribution < 1.29 is 19.1 Å². The molecular weight excluding hydrogens is 596 g/mol. The minimum absolute atomic E-state index is 0.334. The minimum atomic E-state index is -0.482. The average Bonchev–Trinajstić information content (AvgIpc) is 2.75. The van der Waals surface area contributed by atoms with E-state index in [1.165, 1.54) is 9.80 Å². The minimum Gasteiger partial charge on any atom is -0.409 e. The molecule has 0 aliphatic heterocycles. The predicted molar refractivity (Wildman–Crippen MR) is 154 cm³/mol. The van der Waals surface area contributed by atoms with Gasteiger partial charge in [-0.15, -0.1) is 0 Å². The Labute approximate surface area is 232 Å². The lowest BCUT2D eigenvalue weighted by molar-refractivity contribution is 0.171. The quantitative estimate of drug-likeness (QED) is 0.201. The molecular formula is C20H22Cl2N2O4S6. The number of hydrogen-bond acceptors (Lipinski definition) is 10. The van der Waals surface area contributed by atoms with Gasteiger partial charge in [-0.2, -0.15) is 0 Å². The highest BCUT2D eigenvalue weighted by Gasteiger charge is 2.15. The lowest BCUT2D eigenvalue weighted by atomic mass is 10.2. The van der Waals surface area contributed by atoms with Crippen LogP contribution in [0.25, 0.3) is 0 Å². The van der Waals surface area contributed by atoms with Gasteiger partial charge in [-0.25, -0.2) is 9.59 Å². The lowest BCUT2D eigenvalue weighted by Crippen LogP contribution is -2.25. The summed E-state index contributed by atoms with van der Waals surface area (Å²) < 4.78 is 10.7. The first-order valence-electron chi connectivity index (χ1n) is 9.39. The number of carbonyl (C=O) groups excluding carboxylic acids is 2. The van der Waals surface area contributed by atoms with Gasteiger partial charge in [-0.1, -0.05) is 23.2 Å². The maximum Gasteiger partial charge on any atom is 0.414 e. The van der Waals surface area contributed by atoms with Crippen molar-refractivity contribution in [2.75, 3.05) is 28.2 Å². The summed E-state index contributed by atoms with van der Waals surface area (Å²) in [6.45, 7) is 3.91. The van der Waals surface area contributed by atoms with Crippen molar-refractivity contribution in [2.24, 2.45) is 0 Å². The van der Waals surface area contributed by atoms with Crippen LogP contribution in [0.1, 0.15) is 11.1 Å². The maximum absolute atomic E-state index is 11.8. The third-order valence-corrected chi connectivity index (χ3v) is 15.3. The van der Waals surface area contributed by atoms with E-state index < -0.39 is 12.2 Å². The summed E-state index contributed by atoms with van der Waals surface area (Å²) >= 11 is 12.4. The summed E-state index contributed by atoms with van der Waals surface area (Å²) in [7, 11) is 16.0. The van der Waals surface area contributed by atoms with Crippen LogP contribution in [0.5, 0.6) is 11.5 Å². The molecule has 0 bridgehead atoms. The van der Waals surface area contributed by atoms with E-state index in [-0.39, 0.29) is 0 Å². The van der Waals surface area contributed by atoms with E-state index in [9.17, 15) is 9.59 Å². The first-order valence-corrected chi connectivity index (χ1v) is 17.6. The first-order chi connectivity index (χ1) is 16.0. The van der Waals surface area contributed by atoms with E-state index in [4.69, 9.17) is 32.7 Å². The molecule has 34 heavy (non-hydrogen) atoms. The highest BCUT2D eigenvalue weighted by molar-refractivity contribution is 9.41. The molecule has 0 N–H and O–H groups in total. The van der Waals surface area contributed by atoms with Gasteiger partial charge in [0.1, 0.15) is 0 Å². The Kier molecular flexibility index (Phi) is 12.7. The number of rotatable bonds is 9. The van der Waals surface area contributed by atoms with Crippen LogP contribution in [0.4, 0.5) is 9.59 Å². The van der Waals surface area contributed by atoms with Gasteiger partial charge in [-0.3, -0.25) is 0 Å². The monoisotopic (exact) mass is 616 g/mol. The molecule has 6 nitrogen and oxygen atoms in total. The molecule has 0 atom stereocenters. The predicted octanol–water partition coefficient (Wildman–Crippen LogP) is 9.12. The fourth-order valence-corrected chi connectivity index (χ4v) is 14.0. The zero-order chi connectivity index (χ0) is 25.4. The molecule has 0 aliphatic rings. The summed E-state index contributed by atoms with van der Waals surface area (Å²) in [6.07, 6.45) is -0.963. The number of carbonyl (C=O) groups is 2. The number of hydrogen-bond donors (Lipinski definition) is 0. The lowest BCUT2D eigenvalue weighted by Gasteiger charge is -2.14.